The Morgan fingerprint density at radius 2 is 1.65 bits per heavy atom. The van der Waals surface area contributed by atoms with Crippen LogP contribution in [-0.4, -0.2) is 22.8 Å². The standard InChI is InChI=1S/C22H19N3O/c1-25-20(23)14-22(21(25)26,18-9-3-2-4-10-18)19-11-5-7-16(13-19)17-8-6-12-24-15-17/h2-15H,23H2,1H3. The van der Waals surface area contributed by atoms with Crippen LogP contribution in [0, 0.1) is 0 Å². The number of carbonyl (C=O) groups is 1. The van der Waals surface area contributed by atoms with E-state index in [1.807, 2.05) is 79.0 Å². The van der Waals surface area contributed by atoms with Gasteiger partial charge in [-0.15, -0.1) is 0 Å². The minimum Gasteiger partial charge on any atom is -0.385 e. The largest absolute Gasteiger partial charge is 0.385 e. The average Bonchev–Trinajstić information content (AvgIpc) is 2.94. The molecule has 1 aliphatic heterocycles. The molecule has 1 unspecified atom stereocenters. The summed E-state index contributed by atoms with van der Waals surface area (Å²) in [6.45, 7) is 0. The molecular formula is C22H19N3O. The molecule has 4 nitrogen and oxygen atoms in total. The number of rotatable bonds is 3. The van der Waals surface area contributed by atoms with Crippen molar-refractivity contribution in [2.45, 2.75) is 5.41 Å². The molecule has 0 aliphatic carbocycles. The zero-order valence-electron chi connectivity index (χ0n) is 14.5. The summed E-state index contributed by atoms with van der Waals surface area (Å²) in [6, 6.07) is 21.7. The van der Waals surface area contributed by atoms with Crippen molar-refractivity contribution in [3.8, 4) is 11.1 Å². The maximum atomic E-state index is 13.3. The van der Waals surface area contributed by atoms with Gasteiger partial charge in [-0.25, -0.2) is 0 Å². The van der Waals surface area contributed by atoms with E-state index in [0.29, 0.717) is 5.82 Å². The van der Waals surface area contributed by atoms with E-state index in [1.54, 1.807) is 13.2 Å². The summed E-state index contributed by atoms with van der Waals surface area (Å²) < 4.78 is 0. The minimum atomic E-state index is -0.918. The number of nitrogens with zero attached hydrogens (tertiary/aromatic N) is 2. The number of aromatic nitrogens is 1. The van der Waals surface area contributed by atoms with Crippen LogP contribution < -0.4 is 5.73 Å². The van der Waals surface area contributed by atoms with Crippen molar-refractivity contribution in [2.24, 2.45) is 5.73 Å². The summed E-state index contributed by atoms with van der Waals surface area (Å²) in [4.78, 5) is 19.0. The number of hydrogen-bond donors (Lipinski definition) is 1. The number of hydrogen-bond acceptors (Lipinski definition) is 3. The highest BCUT2D eigenvalue weighted by atomic mass is 16.2. The molecule has 1 atom stereocenters. The summed E-state index contributed by atoms with van der Waals surface area (Å²) in [6.07, 6.45) is 5.42. The highest BCUT2D eigenvalue weighted by molar-refractivity contribution is 5.98. The van der Waals surface area contributed by atoms with E-state index in [4.69, 9.17) is 5.73 Å². The smallest absolute Gasteiger partial charge is 0.246 e. The minimum absolute atomic E-state index is 0.0514. The van der Waals surface area contributed by atoms with Crippen molar-refractivity contribution in [3.63, 3.8) is 0 Å². The Balaban J connectivity index is 1.94. The number of amides is 1. The van der Waals surface area contributed by atoms with E-state index in [-0.39, 0.29) is 5.91 Å². The quantitative estimate of drug-likeness (QED) is 0.795. The highest BCUT2D eigenvalue weighted by Crippen LogP contribution is 2.41. The van der Waals surface area contributed by atoms with Crippen molar-refractivity contribution >= 4 is 5.91 Å². The van der Waals surface area contributed by atoms with Gasteiger partial charge in [0.2, 0.25) is 5.91 Å². The van der Waals surface area contributed by atoms with E-state index in [1.165, 1.54) is 4.90 Å². The lowest BCUT2D eigenvalue weighted by Gasteiger charge is -2.28. The number of pyridine rings is 1. The van der Waals surface area contributed by atoms with Crippen LogP contribution in [-0.2, 0) is 10.2 Å². The van der Waals surface area contributed by atoms with Crippen LogP contribution >= 0.6 is 0 Å². The molecule has 4 heteroatoms. The Bertz CT molecular complexity index is 983. The lowest BCUT2D eigenvalue weighted by molar-refractivity contribution is -0.129. The lowest BCUT2D eigenvalue weighted by atomic mass is 9.74. The van der Waals surface area contributed by atoms with Crippen LogP contribution in [0.5, 0.6) is 0 Å². The van der Waals surface area contributed by atoms with Gasteiger partial charge in [0.25, 0.3) is 0 Å². The van der Waals surface area contributed by atoms with E-state index in [9.17, 15) is 4.79 Å². The first-order valence-electron chi connectivity index (χ1n) is 8.46. The molecule has 1 aromatic heterocycles. The molecule has 0 saturated carbocycles. The van der Waals surface area contributed by atoms with Gasteiger partial charge >= 0.3 is 0 Å². The van der Waals surface area contributed by atoms with Gasteiger partial charge in [-0.1, -0.05) is 54.6 Å². The zero-order chi connectivity index (χ0) is 18.1. The predicted octanol–water partition coefficient (Wildman–Crippen LogP) is 3.31. The first-order valence-corrected chi connectivity index (χ1v) is 8.46. The van der Waals surface area contributed by atoms with Crippen LogP contribution in [0.3, 0.4) is 0 Å². The Morgan fingerprint density at radius 3 is 2.31 bits per heavy atom. The van der Waals surface area contributed by atoms with E-state index >= 15 is 0 Å². The molecule has 0 bridgehead atoms. The van der Waals surface area contributed by atoms with Crippen LogP contribution in [0.2, 0.25) is 0 Å². The molecule has 3 aromatic rings. The molecule has 128 valence electrons. The highest BCUT2D eigenvalue weighted by Gasteiger charge is 2.47. The van der Waals surface area contributed by atoms with Gasteiger partial charge in [-0.2, -0.15) is 0 Å². The monoisotopic (exact) mass is 341 g/mol. The normalized spacial score (nSPS) is 19.5. The van der Waals surface area contributed by atoms with Crippen molar-refractivity contribution in [2.75, 3.05) is 7.05 Å². The third-order valence-corrected chi connectivity index (χ3v) is 4.94. The Kier molecular flexibility index (Phi) is 3.81. The molecule has 1 aliphatic rings. The molecule has 0 radical (unpaired) electrons. The van der Waals surface area contributed by atoms with E-state index < -0.39 is 5.41 Å². The first-order chi connectivity index (χ1) is 12.6. The van der Waals surface area contributed by atoms with E-state index in [0.717, 1.165) is 22.3 Å². The first kappa shape index (κ1) is 16.1. The van der Waals surface area contributed by atoms with Gasteiger partial charge in [0.05, 0.1) is 0 Å². The van der Waals surface area contributed by atoms with Gasteiger partial charge in [-0.05, 0) is 40.5 Å². The van der Waals surface area contributed by atoms with Crippen molar-refractivity contribution in [1.29, 1.82) is 0 Å². The molecular weight excluding hydrogens is 322 g/mol. The maximum Gasteiger partial charge on any atom is 0.246 e. The molecule has 2 heterocycles. The third kappa shape index (κ3) is 2.39. The molecule has 26 heavy (non-hydrogen) atoms. The summed E-state index contributed by atoms with van der Waals surface area (Å²) >= 11 is 0. The second kappa shape index (κ2) is 6.15. The van der Waals surface area contributed by atoms with Crippen LogP contribution in [0.15, 0.2) is 91.0 Å². The number of likely N-dealkylation sites (N-methyl/N-ethyl adjacent to an activating group) is 1. The topological polar surface area (TPSA) is 59.2 Å². The fourth-order valence-electron chi connectivity index (χ4n) is 3.52. The van der Waals surface area contributed by atoms with Crippen LogP contribution in [0.4, 0.5) is 0 Å². The van der Waals surface area contributed by atoms with Crippen LogP contribution in [0.1, 0.15) is 11.1 Å². The van der Waals surface area contributed by atoms with Gasteiger partial charge in [0.1, 0.15) is 11.2 Å². The van der Waals surface area contributed by atoms with Crippen LogP contribution in [0.25, 0.3) is 11.1 Å². The maximum absolute atomic E-state index is 13.3. The predicted molar refractivity (Wildman–Crippen MR) is 102 cm³/mol. The summed E-state index contributed by atoms with van der Waals surface area (Å²) in [5, 5.41) is 0. The van der Waals surface area contributed by atoms with Gasteiger partial charge in [0.15, 0.2) is 0 Å². The SMILES string of the molecule is CN1C(=O)C(c2ccccc2)(c2cccc(-c3cccnc3)c2)C=C1N. The number of carbonyl (C=O) groups excluding carboxylic acids is 1. The Morgan fingerprint density at radius 1 is 0.923 bits per heavy atom. The molecule has 0 saturated heterocycles. The second-order valence-corrected chi connectivity index (χ2v) is 6.43. The summed E-state index contributed by atoms with van der Waals surface area (Å²) in [5.41, 5.74) is 9.02. The average molecular weight is 341 g/mol. The van der Waals surface area contributed by atoms with Crippen molar-refractivity contribution in [3.05, 3.63) is 102 Å². The second-order valence-electron chi connectivity index (χ2n) is 6.43. The fourth-order valence-corrected chi connectivity index (χ4v) is 3.52. The zero-order valence-corrected chi connectivity index (χ0v) is 14.5. The molecule has 2 N–H and O–H groups in total. The fraction of sp³-hybridized carbons (Fsp3) is 0.0909. The molecule has 1 amide bonds. The van der Waals surface area contributed by atoms with Crippen molar-refractivity contribution < 1.29 is 4.79 Å². The molecule has 2 aromatic carbocycles. The van der Waals surface area contributed by atoms with Gasteiger partial charge in [0, 0.05) is 19.4 Å². The molecule has 0 spiro atoms. The Labute approximate surface area is 152 Å². The lowest BCUT2D eigenvalue weighted by Crippen LogP contribution is -2.39. The molecule has 4 rings (SSSR count). The van der Waals surface area contributed by atoms with Crippen molar-refractivity contribution in [1.82, 2.24) is 9.88 Å². The molecule has 0 fully saturated rings. The van der Waals surface area contributed by atoms with E-state index in [2.05, 4.69) is 4.98 Å². The number of nitrogens with two attached hydrogens (primary N) is 1. The third-order valence-electron chi connectivity index (χ3n) is 4.94. The van der Waals surface area contributed by atoms with Gasteiger partial charge < -0.3 is 10.6 Å². The number of benzene rings is 2. The summed E-state index contributed by atoms with van der Waals surface area (Å²) in [5.74, 6) is 0.412. The van der Waals surface area contributed by atoms with Gasteiger partial charge in [-0.3, -0.25) is 9.78 Å². The Hall–Kier alpha value is -3.40. The summed E-state index contributed by atoms with van der Waals surface area (Å²) in [7, 11) is 1.71.